The summed E-state index contributed by atoms with van der Waals surface area (Å²) in [4.78, 5) is 12.3. The minimum atomic E-state index is -0.138. The molecule has 2 heteroatoms. The summed E-state index contributed by atoms with van der Waals surface area (Å²) in [5, 5.41) is 0. The summed E-state index contributed by atoms with van der Waals surface area (Å²) in [5.41, 5.74) is 0.651. The second kappa shape index (κ2) is 3.51. The molecule has 15 heavy (non-hydrogen) atoms. The van der Waals surface area contributed by atoms with E-state index >= 15 is 0 Å². The van der Waals surface area contributed by atoms with Crippen LogP contribution in [0.4, 0.5) is 0 Å². The highest BCUT2D eigenvalue weighted by atomic mass is 16.3. The molecule has 1 heterocycles. The smallest absolute Gasteiger partial charge is 0.172 e. The standard InChI is InChI=1S/C13H18O2/c1-9-8-11(10(2)15-9)12(14)13(3)6-4-5-7-13/h8H,4-7H2,1-3H3. The topological polar surface area (TPSA) is 30.2 Å². The van der Waals surface area contributed by atoms with E-state index in [2.05, 4.69) is 6.92 Å². The lowest BCUT2D eigenvalue weighted by Gasteiger charge is -2.20. The van der Waals surface area contributed by atoms with Gasteiger partial charge in [0.1, 0.15) is 11.5 Å². The van der Waals surface area contributed by atoms with E-state index in [4.69, 9.17) is 4.42 Å². The molecule has 1 aromatic rings. The molecule has 1 saturated carbocycles. The molecule has 0 aliphatic heterocycles. The SMILES string of the molecule is Cc1cc(C(=O)C2(C)CCCC2)c(C)o1. The Morgan fingerprint density at radius 3 is 2.40 bits per heavy atom. The number of aryl methyl sites for hydroxylation is 2. The van der Waals surface area contributed by atoms with Crippen molar-refractivity contribution in [2.24, 2.45) is 5.41 Å². The summed E-state index contributed by atoms with van der Waals surface area (Å²) in [6, 6.07) is 1.88. The molecule has 0 radical (unpaired) electrons. The normalized spacial score (nSPS) is 19.4. The summed E-state index contributed by atoms with van der Waals surface area (Å²) in [5.74, 6) is 1.87. The molecule has 0 atom stereocenters. The summed E-state index contributed by atoms with van der Waals surface area (Å²) >= 11 is 0. The fourth-order valence-electron chi connectivity index (χ4n) is 2.56. The molecule has 1 fully saturated rings. The molecule has 1 aliphatic carbocycles. The van der Waals surface area contributed by atoms with Crippen LogP contribution >= 0.6 is 0 Å². The van der Waals surface area contributed by atoms with Gasteiger partial charge < -0.3 is 4.42 Å². The predicted octanol–water partition coefficient (Wildman–Crippen LogP) is 3.66. The predicted molar refractivity (Wildman–Crippen MR) is 59.1 cm³/mol. The van der Waals surface area contributed by atoms with Crippen molar-refractivity contribution in [2.45, 2.75) is 46.5 Å². The van der Waals surface area contributed by atoms with Gasteiger partial charge >= 0.3 is 0 Å². The van der Waals surface area contributed by atoms with Gasteiger partial charge in [0.05, 0.1) is 5.56 Å². The van der Waals surface area contributed by atoms with Crippen LogP contribution < -0.4 is 0 Å². The van der Waals surface area contributed by atoms with Gasteiger partial charge in [0.2, 0.25) is 0 Å². The molecule has 0 spiro atoms. The highest BCUT2D eigenvalue weighted by Crippen LogP contribution is 2.41. The average Bonchev–Trinajstić information content (AvgIpc) is 2.73. The molecule has 0 unspecified atom stereocenters. The van der Waals surface area contributed by atoms with Crippen LogP contribution in [-0.4, -0.2) is 5.78 Å². The maximum absolute atomic E-state index is 12.3. The quantitative estimate of drug-likeness (QED) is 0.691. The zero-order valence-corrected chi connectivity index (χ0v) is 9.72. The van der Waals surface area contributed by atoms with Crippen LogP contribution in [0.2, 0.25) is 0 Å². The minimum Gasteiger partial charge on any atom is -0.466 e. The number of furan rings is 1. The van der Waals surface area contributed by atoms with E-state index in [1.54, 1.807) is 0 Å². The molecule has 0 saturated heterocycles. The molecule has 82 valence electrons. The lowest BCUT2D eigenvalue weighted by Crippen LogP contribution is -2.24. The molecule has 1 aromatic heterocycles. The number of carbonyl (C=O) groups is 1. The van der Waals surface area contributed by atoms with E-state index in [9.17, 15) is 4.79 Å². The highest BCUT2D eigenvalue weighted by molar-refractivity contribution is 6.01. The average molecular weight is 206 g/mol. The van der Waals surface area contributed by atoms with E-state index in [1.807, 2.05) is 19.9 Å². The Morgan fingerprint density at radius 1 is 1.33 bits per heavy atom. The number of rotatable bonds is 2. The van der Waals surface area contributed by atoms with Gasteiger partial charge in [-0.25, -0.2) is 0 Å². The third kappa shape index (κ3) is 1.73. The molecule has 2 rings (SSSR count). The molecular formula is C13H18O2. The fraction of sp³-hybridized carbons (Fsp3) is 0.615. The van der Waals surface area contributed by atoms with Crippen molar-refractivity contribution in [1.29, 1.82) is 0 Å². The summed E-state index contributed by atoms with van der Waals surface area (Å²) in [7, 11) is 0. The fourth-order valence-corrected chi connectivity index (χ4v) is 2.56. The lowest BCUT2D eigenvalue weighted by atomic mass is 9.81. The molecule has 0 N–H and O–H groups in total. The van der Waals surface area contributed by atoms with Crippen LogP contribution in [0.3, 0.4) is 0 Å². The van der Waals surface area contributed by atoms with Crippen molar-refractivity contribution in [3.63, 3.8) is 0 Å². The van der Waals surface area contributed by atoms with E-state index in [-0.39, 0.29) is 11.2 Å². The number of hydrogen-bond acceptors (Lipinski definition) is 2. The van der Waals surface area contributed by atoms with Crippen molar-refractivity contribution in [3.8, 4) is 0 Å². The van der Waals surface area contributed by atoms with Crippen LogP contribution in [0.5, 0.6) is 0 Å². The van der Waals surface area contributed by atoms with Gasteiger partial charge in [-0.1, -0.05) is 19.8 Å². The number of hydrogen-bond donors (Lipinski definition) is 0. The van der Waals surface area contributed by atoms with Crippen molar-refractivity contribution >= 4 is 5.78 Å². The van der Waals surface area contributed by atoms with Crippen LogP contribution in [0.15, 0.2) is 10.5 Å². The zero-order valence-electron chi connectivity index (χ0n) is 9.72. The van der Waals surface area contributed by atoms with Crippen molar-refractivity contribution < 1.29 is 9.21 Å². The first-order chi connectivity index (χ1) is 7.03. The van der Waals surface area contributed by atoms with Crippen LogP contribution in [0.1, 0.15) is 54.5 Å². The Hall–Kier alpha value is -1.05. The monoisotopic (exact) mass is 206 g/mol. The van der Waals surface area contributed by atoms with Gasteiger partial charge in [-0.2, -0.15) is 0 Å². The largest absolute Gasteiger partial charge is 0.466 e. The first-order valence-corrected chi connectivity index (χ1v) is 5.65. The maximum atomic E-state index is 12.3. The van der Waals surface area contributed by atoms with Crippen molar-refractivity contribution in [2.75, 3.05) is 0 Å². The molecule has 0 amide bonds. The van der Waals surface area contributed by atoms with Crippen LogP contribution in [0.25, 0.3) is 0 Å². The van der Waals surface area contributed by atoms with Crippen LogP contribution in [-0.2, 0) is 0 Å². The van der Waals surface area contributed by atoms with Crippen molar-refractivity contribution in [3.05, 3.63) is 23.2 Å². The number of ketones is 1. The molecule has 2 nitrogen and oxygen atoms in total. The first kappa shape index (κ1) is 10.5. The van der Waals surface area contributed by atoms with Gasteiger partial charge in [0.25, 0.3) is 0 Å². The van der Waals surface area contributed by atoms with Gasteiger partial charge in [0.15, 0.2) is 5.78 Å². The molecule has 0 aromatic carbocycles. The Morgan fingerprint density at radius 2 is 1.93 bits per heavy atom. The number of Topliss-reactive ketones (excluding diaryl/α,β-unsaturated/α-hetero) is 1. The number of carbonyl (C=O) groups excluding carboxylic acids is 1. The Balaban J connectivity index is 2.31. The van der Waals surface area contributed by atoms with Crippen LogP contribution in [0, 0.1) is 19.3 Å². The maximum Gasteiger partial charge on any atom is 0.172 e. The van der Waals surface area contributed by atoms with Gasteiger partial charge in [-0.05, 0) is 32.8 Å². The lowest BCUT2D eigenvalue weighted by molar-refractivity contribution is 0.0822. The van der Waals surface area contributed by atoms with E-state index in [0.717, 1.165) is 29.9 Å². The Bertz CT molecular complexity index is 381. The van der Waals surface area contributed by atoms with Gasteiger partial charge in [0, 0.05) is 5.41 Å². The molecule has 1 aliphatic rings. The Kier molecular flexibility index (Phi) is 2.45. The minimum absolute atomic E-state index is 0.138. The first-order valence-electron chi connectivity index (χ1n) is 5.65. The van der Waals surface area contributed by atoms with Crippen molar-refractivity contribution in [1.82, 2.24) is 0 Å². The van der Waals surface area contributed by atoms with Gasteiger partial charge in [-0.3, -0.25) is 4.79 Å². The summed E-state index contributed by atoms with van der Waals surface area (Å²) < 4.78 is 5.42. The van der Waals surface area contributed by atoms with E-state index in [1.165, 1.54) is 12.8 Å². The van der Waals surface area contributed by atoms with E-state index < -0.39 is 0 Å². The summed E-state index contributed by atoms with van der Waals surface area (Å²) in [6.07, 6.45) is 4.40. The zero-order chi connectivity index (χ0) is 11.1. The molecule has 0 bridgehead atoms. The van der Waals surface area contributed by atoms with E-state index in [0.29, 0.717) is 0 Å². The van der Waals surface area contributed by atoms with Gasteiger partial charge in [-0.15, -0.1) is 0 Å². The highest BCUT2D eigenvalue weighted by Gasteiger charge is 2.37. The molecular weight excluding hydrogens is 188 g/mol. The third-order valence-corrected chi connectivity index (χ3v) is 3.54. The summed E-state index contributed by atoms with van der Waals surface area (Å²) in [6.45, 7) is 5.85. The second-order valence-corrected chi connectivity index (χ2v) is 4.92. The second-order valence-electron chi connectivity index (χ2n) is 4.92. The third-order valence-electron chi connectivity index (χ3n) is 3.54. The Labute approximate surface area is 90.7 Å².